The Hall–Kier alpha value is -2.21. The molecule has 0 aliphatic rings. The lowest BCUT2D eigenvalue weighted by Crippen LogP contribution is -2.31. The van der Waals surface area contributed by atoms with E-state index in [1.807, 2.05) is 39.8 Å². The molecule has 1 amide bonds. The molecule has 0 aliphatic heterocycles. The van der Waals surface area contributed by atoms with Crippen molar-refractivity contribution in [3.05, 3.63) is 63.0 Å². The molecule has 0 saturated heterocycles. The van der Waals surface area contributed by atoms with Crippen LogP contribution in [0.3, 0.4) is 0 Å². The SMILES string of the molecule is CC[C@H](C)NC(=O)c1cnn2c(C)c(Cc3cccc(Br)c3)c(C)nc12. The first-order valence-electron chi connectivity index (χ1n) is 8.79. The zero-order valence-corrected chi connectivity index (χ0v) is 17.1. The molecule has 2 heterocycles. The molecule has 5 nitrogen and oxygen atoms in total. The molecular weight excluding hydrogens is 392 g/mol. The molecule has 0 saturated carbocycles. The van der Waals surface area contributed by atoms with Gasteiger partial charge in [-0.25, -0.2) is 9.50 Å². The Kier molecular flexibility index (Phi) is 5.41. The minimum atomic E-state index is -0.125. The van der Waals surface area contributed by atoms with Gasteiger partial charge in [0.2, 0.25) is 0 Å². The number of hydrogen-bond acceptors (Lipinski definition) is 3. The monoisotopic (exact) mass is 414 g/mol. The number of rotatable bonds is 5. The molecule has 2 aromatic heterocycles. The van der Waals surface area contributed by atoms with Crippen LogP contribution in [0.25, 0.3) is 5.65 Å². The fourth-order valence-electron chi connectivity index (χ4n) is 2.98. The summed E-state index contributed by atoms with van der Waals surface area (Å²) < 4.78 is 2.83. The number of fused-ring (bicyclic) bond motifs is 1. The highest BCUT2D eigenvalue weighted by Crippen LogP contribution is 2.22. The quantitative estimate of drug-likeness (QED) is 0.679. The van der Waals surface area contributed by atoms with Gasteiger partial charge in [-0.05, 0) is 50.5 Å². The van der Waals surface area contributed by atoms with Crippen molar-refractivity contribution in [3.63, 3.8) is 0 Å². The van der Waals surface area contributed by atoms with Crippen molar-refractivity contribution in [1.82, 2.24) is 19.9 Å². The Labute approximate surface area is 162 Å². The summed E-state index contributed by atoms with van der Waals surface area (Å²) in [6.07, 6.45) is 3.26. The first-order chi connectivity index (χ1) is 12.4. The van der Waals surface area contributed by atoms with Gasteiger partial charge < -0.3 is 5.32 Å². The third-order valence-electron chi connectivity index (χ3n) is 4.71. The van der Waals surface area contributed by atoms with Crippen LogP contribution in [0.15, 0.2) is 34.9 Å². The Bertz CT molecular complexity index is 964. The lowest BCUT2D eigenvalue weighted by atomic mass is 10.0. The number of carbonyl (C=O) groups is 1. The Balaban J connectivity index is 2.00. The molecule has 6 heteroatoms. The van der Waals surface area contributed by atoms with Gasteiger partial charge in [0.25, 0.3) is 5.91 Å². The molecule has 0 unspecified atom stereocenters. The fraction of sp³-hybridized carbons (Fsp3) is 0.350. The van der Waals surface area contributed by atoms with Gasteiger partial charge >= 0.3 is 0 Å². The molecule has 1 N–H and O–H groups in total. The van der Waals surface area contributed by atoms with Gasteiger partial charge in [-0.1, -0.05) is 35.0 Å². The van der Waals surface area contributed by atoms with Gasteiger partial charge in [0, 0.05) is 28.3 Å². The van der Waals surface area contributed by atoms with E-state index in [-0.39, 0.29) is 11.9 Å². The van der Waals surface area contributed by atoms with E-state index in [0.717, 1.165) is 34.3 Å². The number of benzene rings is 1. The second-order valence-electron chi connectivity index (χ2n) is 6.64. The summed E-state index contributed by atoms with van der Waals surface area (Å²) in [5, 5.41) is 7.40. The van der Waals surface area contributed by atoms with E-state index < -0.39 is 0 Å². The maximum atomic E-state index is 12.5. The molecular formula is C20H23BrN4O. The highest BCUT2D eigenvalue weighted by molar-refractivity contribution is 9.10. The van der Waals surface area contributed by atoms with Crippen LogP contribution in [0, 0.1) is 13.8 Å². The first kappa shape index (κ1) is 18.6. The second-order valence-corrected chi connectivity index (χ2v) is 7.56. The number of carbonyl (C=O) groups excluding carboxylic acids is 1. The maximum absolute atomic E-state index is 12.5. The Morgan fingerprint density at radius 2 is 2.12 bits per heavy atom. The van der Waals surface area contributed by atoms with E-state index in [0.29, 0.717) is 11.2 Å². The number of amides is 1. The predicted molar refractivity (Wildman–Crippen MR) is 107 cm³/mol. The first-order valence-corrected chi connectivity index (χ1v) is 9.59. The van der Waals surface area contributed by atoms with Crippen molar-refractivity contribution in [3.8, 4) is 0 Å². The summed E-state index contributed by atoms with van der Waals surface area (Å²) in [5.74, 6) is -0.125. The van der Waals surface area contributed by atoms with Crippen LogP contribution in [0.5, 0.6) is 0 Å². The topological polar surface area (TPSA) is 59.3 Å². The maximum Gasteiger partial charge on any atom is 0.256 e. The summed E-state index contributed by atoms with van der Waals surface area (Å²) >= 11 is 3.52. The molecule has 0 fully saturated rings. The average molecular weight is 415 g/mol. The molecule has 136 valence electrons. The Morgan fingerprint density at radius 3 is 2.81 bits per heavy atom. The highest BCUT2D eigenvalue weighted by atomic mass is 79.9. The number of nitrogens with one attached hydrogen (secondary N) is 1. The molecule has 0 spiro atoms. The van der Waals surface area contributed by atoms with Gasteiger partial charge in [-0.15, -0.1) is 0 Å². The van der Waals surface area contributed by atoms with E-state index in [2.05, 4.69) is 38.5 Å². The minimum Gasteiger partial charge on any atom is -0.349 e. The van der Waals surface area contributed by atoms with Crippen LogP contribution in [-0.4, -0.2) is 26.5 Å². The molecule has 1 aromatic carbocycles. The van der Waals surface area contributed by atoms with Crippen molar-refractivity contribution in [1.29, 1.82) is 0 Å². The highest BCUT2D eigenvalue weighted by Gasteiger charge is 2.19. The summed E-state index contributed by atoms with van der Waals surface area (Å²) in [6.45, 7) is 8.05. The van der Waals surface area contributed by atoms with Crippen LogP contribution in [0.4, 0.5) is 0 Å². The van der Waals surface area contributed by atoms with E-state index in [1.165, 1.54) is 5.56 Å². The summed E-state index contributed by atoms with van der Waals surface area (Å²) in [4.78, 5) is 17.2. The van der Waals surface area contributed by atoms with E-state index in [9.17, 15) is 4.79 Å². The van der Waals surface area contributed by atoms with Crippen LogP contribution in [0.1, 0.15) is 53.1 Å². The molecule has 3 aromatic rings. The molecule has 0 radical (unpaired) electrons. The summed E-state index contributed by atoms with van der Waals surface area (Å²) in [6, 6.07) is 8.37. The third-order valence-corrected chi connectivity index (χ3v) is 5.21. The van der Waals surface area contributed by atoms with Crippen molar-refractivity contribution < 1.29 is 4.79 Å². The van der Waals surface area contributed by atoms with Crippen molar-refractivity contribution in [2.24, 2.45) is 0 Å². The number of aryl methyl sites for hydroxylation is 2. The van der Waals surface area contributed by atoms with Gasteiger partial charge in [-0.3, -0.25) is 4.79 Å². The second kappa shape index (κ2) is 7.58. The lowest BCUT2D eigenvalue weighted by molar-refractivity contribution is 0.0940. The minimum absolute atomic E-state index is 0.121. The van der Waals surface area contributed by atoms with Crippen molar-refractivity contribution in [2.75, 3.05) is 0 Å². The zero-order valence-electron chi connectivity index (χ0n) is 15.5. The van der Waals surface area contributed by atoms with Crippen LogP contribution in [0.2, 0.25) is 0 Å². The van der Waals surface area contributed by atoms with Gasteiger partial charge in [-0.2, -0.15) is 5.10 Å². The standard InChI is InChI=1S/C20H23BrN4O/c1-5-12(2)23-20(26)18-11-22-25-14(4)17(13(3)24-19(18)25)10-15-7-6-8-16(21)9-15/h6-9,11-12H,5,10H2,1-4H3,(H,23,26)/t12-/m0/s1. The molecule has 0 aliphatic carbocycles. The molecule has 0 bridgehead atoms. The summed E-state index contributed by atoms with van der Waals surface area (Å²) in [5.41, 5.74) is 5.40. The van der Waals surface area contributed by atoms with E-state index >= 15 is 0 Å². The normalized spacial score (nSPS) is 12.3. The fourth-order valence-corrected chi connectivity index (χ4v) is 3.43. The smallest absolute Gasteiger partial charge is 0.256 e. The largest absolute Gasteiger partial charge is 0.349 e. The zero-order chi connectivity index (χ0) is 18.8. The summed E-state index contributed by atoms with van der Waals surface area (Å²) in [7, 11) is 0. The van der Waals surface area contributed by atoms with E-state index in [1.54, 1.807) is 10.7 Å². The van der Waals surface area contributed by atoms with Crippen LogP contribution >= 0.6 is 15.9 Å². The Morgan fingerprint density at radius 1 is 1.35 bits per heavy atom. The predicted octanol–water partition coefficient (Wildman–Crippen LogP) is 4.23. The molecule has 26 heavy (non-hydrogen) atoms. The number of halogens is 1. The van der Waals surface area contributed by atoms with E-state index in [4.69, 9.17) is 4.98 Å². The van der Waals surface area contributed by atoms with Crippen molar-refractivity contribution in [2.45, 2.75) is 46.6 Å². The van der Waals surface area contributed by atoms with Crippen LogP contribution < -0.4 is 5.32 Å². The lowest BCUT2D eigenvalue weighted by Gasteiger charge is -2.13. The van der Waals surface area contributed by atoms with Gasteiger partial charge in [0.05, 0.1) is 6.20 Å². The van der Waals surface area contributed by atoms with Crippen molar-refractivity contribution >= 4 is 27.5 Å². The number of nitrogens with zero attached hydrogens (tertiary/aromatic N) is 3. The van der Waals surface area contributed by atoms with Gasteiger partial charge in [0.15, 0.2) is 5.65 Å². The number of aromatic nitrogens is 3. The van der Waals surface area contributed by atoms with Crippen LogP contribution in [-0.2, 0) is 6.42 Å². The average Bonchev–Trinajstić information content (AvgIpc) is 3.02. The molecule has 3 rings (SSSR count). The third kappa shape index (κ3) is 3.65. The molecule has 1 atom stereocenters. The number of hydrogen-bond donors (Lipinski definition) is 1. The van der Waals surface area contributed by atoms with Gasteiger partial charge in [0.1, 0.15) is 5.56 Å².